The number of benzene rings is 1. The average Bonchev–Trinajstić information content (AvgIpc) is 2.46. The Labute approximate surface area is 116 Å². The zero-order valence-corrected chi connectivity index (χ0v) is 11.7. The van der Waals surface area contributed by atoms with Crippen LogP contribution in [0.2, 0.25) is 0 Å². The van der Waals surface area contributed by atoms with Gasteiger partial charge in [-0.3, -0.25) is 4.79 Å². The summed E-state index contributed by atoms with van der Waals surface area (Å²) in [4.78, 5) is 12.5. The molecule has 0 spiro atoms. The molecule has 1 aliphatic carbocycles. The predicted molar refractivity (Wildman–Crippen MR) is 78.9 cm³/mol. The van der Waals surface area contributed by atoms with Crippen molar-refractivity contribution in [1.82, 2.24) is 0 Å². The van der Waals surface area contributed by atoms with Crippen LogP contribution in [-0.4, -0.2) is 5.78 Å². The highest BCUT2D eigenvalue weighted by molar-refractivity contribution is 5.94. The molecule has 19 heavy (non-hydrogen) atoms. The smallest absolute Gasteiger partial charge is 0.155 e. The second kappa shape index (κ2) is 6.57. The van der Waals surface area contributed by atoms with Crippen LogP contribution in [0.3, 0.4) is 0 Å². The number of hydrogen-bond donors (Lipinski definition) is 0. The van der Waals surface area contributed by atoms with Crippen molar-refractivity contribution in [1.29, 1.82) is 0 Å². The maximum absolute atomic E-state index is 12.5. The van der Waals surface area contributed by atoms with Gasteiger partial charge in [-0.2, -0.15) is 0 Å². The number of carbonyl (C=O) groups excluding carboxylic acids is 1. The van der Waals surface area contributed by atoms with Crippen molar-refractivity contribution in [2.75, 3.05) is 0 Å². The summed E-state index contributed by atoms with van der Waals surface area (Å²) >= 11 is 0. The third-order valence-electron chi connectivity index (χ3n) is 3.91. The van der Waals surface area contributed by atoms with Gasteiger partial charge in [0.15, 0.2) is 5.78 Å². The lowest BCUT2D eigenvalue weighted by Gasteiger charge is -2.31. The van der Waals surface area contributed by atoms with E-state index in [1.807, 2.05) is 18.2 Å². The Bertz CT molecular complexity index is 477. The Hall–Kier alpha value is -1.55. The van der Waals surface area contributed by atoms with E-state index in [2.05, 4.69) is 30.9 Å². The van der Waals surface area contributed by atoms with Crippen LogP contribution in [0.15, 0.2) is 30.3 Å². The van der Waals surface area contributed by atoms with Gasteiger partial charge < -0.3 is 0 Å². The Balaban J connectivity index is 2.32. The molecule has 1 aliphatic rings. The maximum Gasteiger partial charge on any atom is 0.155 e. The molecule has 0 saturated heterocycles. The van der Waals surface area contributed by atoms with Crippen molar-refractivity contribution in [3.8, 4) is 11.8 Å². The van der Waals surface area contributed by atoms with Crippen molar-refractivity contribution >= 4 is 5.78 Å². The third kappa shape index (κ3) is 3.07. The SMILES string of the molecule is CCCCC#CC1(c2ccccc2)CCCCC1=O. The van der Waals surface area contributed by atoms with E-state index in [9.17, 15) is 4.79 Å². The number of ketones is 1. The highest BCUT2D eigenvalue weighted by Gasteiger charge is 2.39. The standard InChI is InChI=1S/C18H22O/c1-2-3-4-9-14-18(15-10-8-13-17(18)19)16-11-6-5-7-12-16/h5-7,11-12H,2-4,8,10,13,15H2,1H3. The lowest BCUT2D eigenvalue weighted by Crippen LogP contribution is -2.37. The highest BCUT2D eigenvalue weighted by Crippen LogP contribution is 2.36. The number of rotatable bonds is 3. The van der Waals surface area contributed by atoms with Gasteiger partial charge in [0.05, 0.1) is 0 Å². The summed E-state index contributed by atoms with van der Waals surface area (Å²) < 4.78 is 0. The molecule has 0 heterocycles. The van der Waals surface area contributed by atoms with Crippen LogP contribution in [-0.2, 0) is 10.2 Å². The van der Waals surface area contributed by atoms with E-state index in [4.69, 9.17) is 0 Å². The van der Waals surface area contributed by atoms with Gasteiger partial charge >= 0.3 is 0 Å². The molecule has 0 amide bonds. The zero-order valence-electron chi connectivity index (χ0n) is 11.7. The van der Waals surface area contributed by atoms with Crippen molar-refractivity contribution in [3.05, 3.63) is 35.9 Å². The molecule has 2 rings (SSSR count). The van der Waals surface area contributed by atoms with E-state index >= 15 is 0 Å². The van der Waals surface area contributed by atoms with Crippen molar-refractivity contribution in [2.24, 2.45) is 0 Å². The van der Waals surface area contributed by atoms with Crippen LogP contribution >= 0.6 is 0 Å². The van der Waals surface area contributed by atoms with E-state index in [0.717, 1.165) is 44.1 Å². The molecule has 0 aliphatic heterocycles. The lowest BCUT2D eigenvalue weighted by atomic mass is 9.69. The lowest BCUT2D eigenvalue weighted by molar-refractivity contribution is -0.124. The number of unbranched alkanes of at least 4 members (excludes halogenated alkanes) is 2. The van der Waals surface area contributed by atoms with Crippen LogP contribution in [0.25, 0.3) is 0 Å². The molecule has 1 atom stereocenters. The second-order valence-corrected chi connectivity index (χ2v) is 5.31. The van der Waals surface area contributed by atoms with E-state index < -0.39 is 5.41 Å². The number of hydrogen-bond acceptors (Lipinski definition) is 1. The van der Waals surface area contributed by atoms with Gasteiger partial charge in [0, 0.05) is 12.8 Å². The van der Waals surface area contributed by atoms with E-state index in [1.165, 1.54) is 0 Å². The van der Waals surface area contributed by atoms with Crippen LogP contribution in [0.5, 0.6) is 0 Å². The van der Waals surface area contributed by atoms with Gasteiger partial charge in [-0.25, -0.2) is 0 Å². The molecular weight excluding hydrogens is 232 g/mol. The summed E-state index contributed by atoms with van der Waals surface area (Å²) in [7, 11) is 0. The summed E-state index contributed by atoms with van der Waals surface area (Å²) in [5, 5.41) is 0. The quantitative estimate of drug-likeness (QED) is 0.582. The van der Waals surface area contributed by atoms with Crippen LogP contribution in [0, 0.1) is 11.8 Å². The first-order valence-corrected chi connectivity index (χ1v) is 7.38. The molecule has 1 unspecified atom stereocenters. The Morgan fingerprint density at radius 3 is 2.68 bits per heavy atom. The second-order valence-electron chi connectivity index (χ2n) is 5.31. The summed E-state index contributed by atoms with van der Waals surface area (Å²) in [6.07, 6.45) is 6.85. The molecule has 1 nitrogen and oxygen atoms in total. The van der Waals surface area contributed by atoms with Gasteiger partial charge in [-0.1, -0.05) is 56.0 Å². The monoisotopic (exact) mass is 254 g/mol. The first kappa shape index (κ1) is 13.9. The maximum atomic E-state index is 12.5. The van der Waals surface area contributed by atoms with Gasteiger partial charge in [0.25, 0.3) is 0 Å². The summed E-state index contributed by atoms with van der Waals surface area (Å²) in [6.45, 7) is 2.17. The normalized spacial score (nSPS) is 22.7. The van der Waals surface area contributed by atoms with E-state index in [0.29, 0.717) is 12.2 Å². The molecule has 0 aromatic heterocycles. The third-order valence-corrected chi connectivity index (χ3v) is 3.91. The summed E-state index contributed by atoms with van der Waals surface area (Å²) in [5.74, 6) is 6.91. The highest BCUT2D eigenvalue weighted by atomic mass is 16.1. The Morgan fingerprint density at radius 2 is 2.00 bits per heavy atom. The fraction of sp³-hybridized carbons (Fsp3) is 0.500. The first-order valence-electron chi connectivity index (χ1n) is 7.38. The molecule has 0 N–H and O–H groups in total. The van der Waals surface area contributed by atoms with Gasteiger partial charge in [0.2, 0.25) is 0 Å². The van der Waals surface area contributed by atoms with Crippen molar-refractivity contribution in [2.45, 2.75) is 57.3 Å². The predicted octanol–water partition coefficient (Wildman–Crippen LogP) is 4.26. The molecular formula is C18H22O. The first-order chi connectivity index (χ1) is 9.29. The largest absolute Gasteiger partial charge is 0.298 e. The van der Waals surface area contributed by atoms with Crippen LogP contribution < -0.4 is 0 Å². The van der Waals surface area contributed by atoms with Crippen molar-refractivity contribution in [3.63, 3.8) is 0 Å². The van der Waals surface area contributed by atoms with Gasteiger partial charge in [0.1, 0.15) is 5.41 Å². The summed E-state index contributed by atoms with van der Waals surface area (Å²) in [6, 6.07) is 10.1. The van der Waals surface area contributed by atoms with Gasteiger partial charge in [-0.05, 0) is 24.8 Å². The minimum atomic E-state index is -0.521. The zero-order chi connectivity index (χ0) is 13.6. The molecule has 1 saturated carbocycles. The topological polar surface area (TPSA) is 17.1 Å². The Kier molecular flexibility index (Phi) is 4.80. The van der Waals surface area contributed by atoms with Crippen molar-refractivity contribution < 1.29 is 4.79 Å². The molecule has 0 radical (unpaired) electrons. The minimum absolute atomic E-state index is 0.314. The fourth-order valence-corrected chi connectivity index (χ4v) is 2.74. The number of Topliss-reactive ketones (excluding diaryl/α,β-unsaturated/α-hetero) is 1. The molecule has 1 aromatic carbocycles. The van der Waals surface area contributed by atoms with Crippen LogP contribution in [0.4, 0.5) is 0 Å². The summed E-state index contributed by atoms with van der Waals surface area (Å²) in [5.41, 5.74) is 0.566. The van der Waals surface area contributed by atoms with Gasteiger partial charge in [-0.15, -0.1) is 5.92 Å². The molecule has 100 valence electrons. The molecule has 1 fully saturated rings. The molecule has 0 bridgehead atoms. The average molecular weight is 254 g/mol. The minimum Gasteiger partial charge on any atom is -0.298 e. The van der Waals surface area contributed by atoms with Crippen LogP contribution in [0.1, 0.15) is 57.4 Å². The fourth-order valence-electron chi connectivity index (χ4n) is 2.74. The van der Waals surface area contributed by atoms with E-state index in [-0.39, 0.29) is 0 Å². The molecule has 1 aromatic rings. The molecule has 1 heteroatoms. The number of carbonyl (C=O) groups is 1. The van der Waals surface area contributed by atoms with E-state index in [1.54, 1.807) is 0 Å². The Morgan fingerprint density at radius 1 is 1.21 bits per heavy atom.